The summed E-state index contributed by atoms with van der Waals surface area (Å²) < 4.78 is 54.0. The monoisotopic (exact) mass is 1910 g/mol. The van der Waals surface area contributed by atoms with Crippen molar-refractivity contribution in [1.82, 2.24) is 45.5 Å². The first-order chi connectivity index (χ1) is 63.1. The number of thioether (sulfide) groups is 1. The first-order valence-electron chi connectivity index (χ1n) is 48.6. The molecule has 2 heterocycles. The van der Waals surface area contributed by atoms with Crippen molar-refractivity contribution >= 4 is 112 Å². The molecule has 3 unspecified atom stereocenters. The van der Waals surface area contributed by atoms with Crippen LogP contribution in [-0.2, 0) is 90.8 Å². The number of Topliss-reactive ketones (excluding diaryl/α,β-unsaturated/α-hetero) is 4. The van der Waals surface area contributed by atoms with Crippen LogP contribution in [-0.4, -0.2) is 294 Å². The highest BCUT2D eigenvalue weighted by Gasteiger charge is 2.36. The Morgan fingerprint density at radius 1 is 0.549 bits per heavy atom. The van der Waals surface area contributed by atoms with Gasteiger partial charge >= 0.3 is 12.1 Å². The zero-order valence-corrected chi connectivity index (χ0v) is 84.0. The Morgan fingerprint density at radius 2 is 1.02 bits per heavy atom. The van der Waals surface area contributed by atoms with Crippen LogP contribution in [0, 0.1) is 53.3 Å². The smallest absolute Gasteiger partial charge is 0.337 e. The van der Waals surface area contributed by atoms with Gasteiger partial charge < -0.3 is 74.0 Å². The quantitative estimate of drug-likeness (QED) is 0.0155. The van der Waals surface area contributed by atoms with Gasteiger partial charge in [-0.25, -0.2) is 15.0 Å². The number of nitrogens with one attached hydrogen (secondary N) is 3. The van der Waals surface area contributed by atoms with Gasteiger partial charge in [-0.1, -0.05) is 112 Å². The van der Waals surface area contributed by atoms with Crippen LogP contribution in [0.2, 0.25) is 0 Å². The number of amides is 12. The van der Waals surface area contributed by atoms with E-state index < -0.39 is 55.3 Å². The van der Waals surface area contributed by atoms with Crippen LogP contribution in [0.4, 0.5) is 9.59 Å². The fourth-order valence-electron chi connectivity index (χ4n) is 11.9. The molecule has 2 saturated heterocycles. The third-order valence-electron chi connectivity index (χ3n) is 20.9. The Hall–Kier alpha value is -8.44. The first-order valence-corrected chi connectivity index (χ1v) is 48.2. The summed E-state index contributed by atoms with van der Waals surface area (Å²) in [7, 11) is 6.89. The Kier molecular flexibility index (Phi) is 75.7. The molecule has 34 heteroatoms. The number of benzene rings is 1. The second kappa shape index (κ2) is 80.8. The van der Waals surface area contributed by atoms with Crippen LogP contribution in [0.15, 0.2) is 29.4 Å². The van der Waals surface area contributed by atoms with E-state index in [2.05, 4.69) is 97.3 Å². The molecular formula is C99H177N11O22S. The number of hydrazone groups is 1. The van der Waals surface area contributed by atoms with Crippen molar-refractivity contribution in [3.8, 4) is 5.75 Å². The molecule has 766 valence electrons. The summed E-state index contributed by atoms with van der Waals surface area (Å²) in [4.78, 5) is 197. The standard InChI is InChI=1S/C26H44N4O7.C25H40N4O5.C21H40N2O4S.C16H27NO4.C9H18O2.2CH4/c1-17(2)9-12-37-13-10-20(31)14-19(6-5-11-28-26(27)36)15-21(32)25(18(3)4)29-22(33)16-30-23(34)7-8-24(30)35;1-20(2)12-18-33-19-13-24(31)28(4)14-15-29(5)25(32)27-26-21(3)22-8-10-23(11-9-22)34-17-7-6-16-30;1-18(2)8-14-27-15-9-20(25)22(4)11-12-23(5)21(26)10-16-28-17-19(3)7-6-13-24;1-12(2)6-9-21-10-7-14(18)5-4-8-17-15(19)11-13(3)16(17)20;1-8(2)4-6-11-7-5-9(3)10;;/h17-19,25H,5-16H2,1-4H3,(H,29,33)(H3,27,28,36);8-11,16,20H,6-7,12-15,17-19H2,1-5H3,(H,27,32);13,18-19H,6-12,14-17H2,1-5H3;12-13H,4-11H2,1-3H3;8H,4-7H2,1-3H3;2*1H4/b;26-21-;;;;;/t19-,25-;;;;;;/m0....../s1/i7T;16T;13T;;;;/t7?,19-,25-;;;;;;. The molecule has 2 aliphatic heterocycles. The minimum Gasteiger partial charge on any atom is -0.494 e. The van der Waals surface area contributed by atoms with E-state index in [1.54, 1.807) is 101 Å². The molecule has 0 bridgehead atoms. The molecule has 0 aliphatic carbocycles. The van der Waals surface area contributed by atoms with Crippen LogP contribution in [0.1, 0.15) is 289 Å². The molecule has 0 spiro atoms. The molecular weight excluding hydrogens is 1730 g/mol. The van der Waals surface area contributed by atoms with E-state index in [-0.39, 0.29) is 123 Å². The maximum atomic E-state index is 13.2. The number of imide groups is 2. The topological polar surface area (TPSA) is 422 Å². The Morgan fingerprint density at radius 3 is 1.45 bits per heavy atom. The van der Waals surface area contributed by atoms with Crippen molar-refractivity contribution in [3.63, 3.8) is 0 Å². The van der Waals surface area contributed by atoms with Gasteiger partial charge in [-0.2, -0.15) is 16.9 Å². The highest BCUT2D eigenvalue weighted by Crippen LogP contribution is 2.23. The number of primary amides is 1. The molecule has 12 amide bonds. The summed E-state index contributed by atoms with van der Waals surface area (Å²) in [5.41, 5.74) is 9.08. The number of carbonyl (C=O) groups excluding carboxylic acids is 16. The van der Waals surface area contributed by atoms with Crippen LogP contribution < -0.4 is 26.5 Å². The van der Waals surface area contributed by atoms with E-state index >= 15 is 0 Å². The molecule has 2 fully saturated rings. The molecule has 2 aliphatic rings. The van der Waals surface area contributed by atoms with Crippen molar-refractivity contribution < 1.29 is 109 Å². The van der Waals surface area contributed by atoms with Crippen molar-refractivity contribution in [2.75, 3.05) is 158 Å². The number of nitrogens with zero attached hydrogens (tertiary/aromatic N) is 7. The van der Waals surface area contributed by atoms with E-state index in [0.717, 1.165) is 67.1 Å². The maximum Gasteiger partial charge on any atom is 0.337 e. The third kappa shape index (κ3) is 71.7. The zero-order valence-electron chi connectivity index (χ0n) is 86.2. The molecule has 1 aromatic rings. The van der Waals surface area contributed by atoms with Gasteiger partial charge in [0.2, 0.25) is 47.3 Å². The number of urea groups is 2. The van der Waals surface area contributed by atoms with Crippen molar-refractivity contribution in [2.45, 2.75) is 286 Å². The van der Waals surface area contributed by atoms with Crippen molar-refractivity contribution in [2.24, 2.45) is 64.1 Å². The molecule has 133 heavy (non-hydrogen) atoms. The number of nitrogens with two attached hydrogens (primary N) is 1. The van der Waals surface area contributed by atoms with Crippen LogP contribution in [0.25, 0.3) is 0 Å². The largest absolute Gasteiger partial charge is 0.494 e. The molecule has 33 nitrogen and oxygen atoms in total. The predicted molar refractivity (Wildman–Crippen MR) is 526 cm³/mol. The van der Waals surface area contributed by atoms with E-state index in [1.807, 2.05) is 12.1 Å². The lowest BCUT2D eigenvalue weighted by molar-refractivity contribution is -0.143. The van der Waals surface area contributed by atoms with Gasteiger partial charge in [-0.05, 0) is 161 Å². The minimum absolute atomic E-state index is 0. The highest BCUT2D eigenvalue weighted by atomic mass is 32.2. The summed E-state index contributed by atoms with van der Waals surface area (Å²) in [6, 6.07) is 5.33. The second-order valence-electron chi connectivity index (χ2n) is 36.0. The van der Waals surface area contributed by atoms with Gasteiger partial charge in [0.25, 0.3) is 0 Å². The average Bonchev–Trinajstić information content (AvgIpc) is 1.69. The third-order valence-corrected chi connectivity index (χ3v) is 22.2. The van der Waals surface area contributed by atoms with Crippen LogP contribution >= 0.6 is 11.8 Å². The van der Waals surface area contributed by atoms with Crippen molar-refractivity contribution in [1.29, 1.82) is 0 Å². The Labute approximate surface area is 806 Å². The van der Waals surface area contributed by atoms with E-state index in [1.165, 1.54) is 9.80 Å². The number of likely N-dealkylation sites (tertiary alicyclic amines) is 2. The number of rotatable bonds is 68. The number of ether oxygens (including phenoxy) is 6. The fourth-order valence-corrected chi connectivity index (χ4v) is 13.0. The minimum atomic E-state index is -1.21. The van der Waals surface area contributed by atoms with Gasteiger partial charge in [0.15, 0.2) is 5.78 Å². The van der Waals surface area contributed by atoms with Gasteiger partial charge in [0.05, 0.1) is 64.2 Å². The molecule has 5 atom stereocenters. The number of hydrogen-bond donors (Lipinski definition) is 4. The lowest BCUT2D eigenvalue weighted by Gasteiger charge is -2.25. The molecule has 0 radical (unpaired) electrons. The van der Waals surface area contributed by atoms with Gasteiger partial charge in [-0.15, -0.1) is 0 Å². The van der Waals surface area contributed by atoms with Crippen LogP contribution in [0.3, 0.4) is 0 Å². The molecule has 3 rings (SSSR count). The summed E-state index contributed by atoms with van der Waals surface area (Å²) in [6.45, 7) is 40.0. The molecule has 0 saturated carbocycles. The number of hydrogen-bond acceptors (Lipinski definition) is 24. The Bertz CT molecular complexity index is 3660. The van der Waals surface area contributed by atoms with E-state index in [9.17, 15) is 76.7 Å². The van der Waals surface area contributed by atoms with Crippen molar-refractivity contribution in [3.05, 3.63) is 29.8 Å². The number of likely N-dealkylation sites (N-methyl/N-ethyl adjacent to an activating group) is 4. The SMILES string of the molecule is C.C.CC(=O)CCOCCC(C)C.CC(C)CCOCCC(=O)CCCN1C(=O)CC(C)C1=O.[3H]C(=O)CCC(C)CSCCC(=O)N(C)CCN(C)C(=O)CCOCCC(C)C.[3H]C(=O)CCCOc1ccc(/C(C)=N\NC(=O)N(C)CCN(C)C(=O)CCOCCC(C)C)cc1.[3H]C1CC(=O)N(CC(=O)N[C@H](C(=O)C[C@@H](CCCNC(N)=O)CC(=O)CCOCCC(C)C)C(C)C)C1=O. The summed E-state index contributed by atoms with van der Waals surface area (Å²) in [6.07, 6.45) is 8.93. The fraction of sp³-hybridized carbons (Fsp3) is 0.768. The number of aldehydes is 2. The molecule has 5 N–H and O–H groups in total. The number of ketones is 4. The average molecular weight is 1910 g/mol. The predicted octanol–water partition coefficient (Wildman–Crippen LogP) is 13.6. The normalized spacial score (nSPS) is 14.4. The van der Waals surface area contributed by atoms with E-state index in [0.29, 0.717) is 229 Å². The van der Waals surface area contributed by atoms with Gasteiger partial charge in [-0.3, -0.25) is 67.3 Å². The second-order valence-corrected chi connectivity index (χ2v) is 37.2. The lowest BCUT2D eigenvalue weighted by atomic mass is 9.87. The summed E-state index contributed by atoms with van der Waals surface area (Å²) in [5, 5.41) is 9.27. The molecule has 1 aromatic carbocycles. The zero-order chi connectivity index (χ0) is 102. The summed E-state index contributed by atoms with van der Waals surface area (Å²) in [5.74, 6) is 2.79. The lowest BCUT2D eigenvalue weighted by Crippen LogP contribution is -2.49. The Balaban J connectivity index is -0.000000831. The summed E-state index contributed by atoms with van der Waals surface area (Å²) >= 11 is 1.70. The van der Waals surface area contributed by atoms with Crippen LogP contribution in [0.5, 0.6) is 5.75 Å². The first kappa shape index (κ1) is 125. The van der Waals surface area contributed by atoms with Gasteiger partial charge in [0.1, 0.15) is 44.9 Å². The van der Waals surface area contributed by atoms with Gasteiger partial charge in [0, 0.05) is 191 Å². The van der Waals surface area contributed by atoms with E-state index in [4.69, 9.17) is 38.3 Å². The number of carbonyl (C=O) groups is 16. The molecule has 0 aromatic heterocycles. The highest BCUT2D eigenvalue weighted by molar-refractivity contribution is 7.99. The maximum absolute atomic E-state index is 13.2.